The highest BCUT2D eigenvalue weighted by Crippen LogP contribution is 2.45. The zero-order valence-corrected chi connectivity index (χ0v) is 21.9. The molecule has 0 atom stereocenters. The number of sulfone groups is 1. The summed E-state index contributed by atoms with van der Waals surface area (Å²) in [7, 11) is -3.44. The van der Waals surface area contributed by atoms with Crippen LogP contribution in [0.25, 0.3) is 39.4 Å². The first kappa shape index (κ1) is 25.7. The average Bonchev–Trinajstić information content (AvgIpc) is 3.63. The summed E-state index contributed by atoms with van der Waals surface area (Å²) in [5.74, 6) is 0.401. The average molecular weight is 566 g/mol. The number of benzene rings is 3. The number of nitrogens with zero attached hydrogens (tertiary/aromatic N) is 3. The molecule has 5 aromatic rings. The molecule has 0 saturated heterocycles. The van der Waals surface area contributed by atoms with Crippen LogP contribution in [0.4, 0.5) is 8.78 Å². The highest BCUT2D eigenvalue weighted by molar-refractivity contribution is 7.90. The summed E-state index contributed by atoms with van der Waals surface area (Å²) in [5.41, 5.74) is 3.69. The first-order chi connectivity index (χ1) is 19.0. The van der Waals surface area contributed by atoms with Gasteiger partial charge < -0.3 is 19.0 Å². The van der Waals surface area contributed by atoms with Gasteiger partial charge in [-0.3, -0.25) is 0 Å². The number of aryl methyl sites for hydroxylation is 1. The molecule has 0 bridgehead atoms. The topological polar surface area (TPSA) is 117 Å². The highest BCUT2D eigenvalue weighted by atomic mass is 32.2. The molecular formula is C28H21F2N3O6S. The summed E-state index contributed by atoms with van der Waals surface area (Å²) in [6, 6.07) is 18.0. The summed E-state index contributed by atoms with van der Waals surface area (Å²) in [5, 5.41) is 14.0. The van der Waals surface area contributed by atoms with Gasteiger partial charge in [0.1, 0.15) is 5.69 Å². The minimum atomic E-state index is -3.77. The minimum absolute atomic E-state index is 0.1000. The number of hydrogen-bond acceptors (Lipinski definition) is 8. The first-order valence-electron chi connectivity index (χ1n) is 12.0. The summed E-state index contributed by atoms with van der Waals surface area (Å²) < 4.78 is 68.4. The summed E-state index contributed by atoms with van der Waals surface area (Å²) in [4.78, 5) is 4.69. The smallest absolute Gasteiger partial charge is 0.440 e. The molecule has 3 aromatic carbocycles. The van der Waals surface area contributed by atoms with Gasteiger partial charge >= 0.3 is 6.29 Å². The predicted molar refractivity (Wildman–Crippen MR) is 140 cm³/mol. The Balaban J connectivity index is 1.54. The number of alkyl halides is 2. The molecule has 3 heterocycles. The number of rotatable bonds is 6. The van der Waals surface area contributed by atoms with E-state index >= 15 is 0 Å². The van der Waals surface area contributed by atoms with E-state index < -0.39 is 16.1 Å². The number of aliphatic hydroxyl groups excluding tert-OH is 1. The van der Waals surface area contributed by atoms with Gasteiger partial charge in [-0.1, -0.05) is 18.2 Å². The molecule has 1 aliphatic rings. The van der Waals surface area contributed by atoms with Crippen molar-refractivity contribution in [1.82, 2.24) is 14.8 Å². The van der Waals surface area contributed by atoms with E-state index in [2.05, 4.69) is 19.6 Å². The largest absolute Gasteiger partial charge is 0.586 e. The Kier molecular flexibility index (Phi) is 5.97. The second-order valence-electron chi connectivity index (χ2n) is 9.18. The number of fused-ring (bicyclic) bond motifs is 1. The number of oxazole rings is 1. The van der Waals surface area contributed by atoms with E-state index in [1.807, 2.05) is 12.1 Å². The zero-order valence-electron chi connectivity index (χ0n) is 21.1. The third-order valence-corrected chi connectivity index (χ3v) is 7.41. The zero-order chi connectivity index (χ0) is 28.2. The van der Waals surface area contributed by atoms with Crippen LogP contribution in [-0.4, -0.2) is 40.8 Å². The maximum Gasteiger partial charge on any atom is 0.586 e. The lowest BCUT2D eigenvalue weighted by Gasteiger charge is -2.13. The lowest BCUT2D eigenvalue weighted by atomic mass is 9.98. The van der Waals surface area contributed by atoms with Crippen LogP contribution in [0.1, 0.15) is 11.6 Å². The Bertz CT molecular complexity index is 1880. The molecule has 0 spiro atoms. The molecular weight excluding hydrogens is 544 g/mol. The molecule has 0 radical (unpaired) electrons. The Morgan fingerprint density at radius 2 is 1.70 bits per heavy atom. The van der Waals surface area contributed by atoms with Crippen molar-refractivity contribution in [2.24, 2.45) is 0 Å². The molecule has 204 valence electrons. The molecule has 0 unspecified atom stereocenters. The summed E-state index contributed by atoms with van der Waals surface area (Å²) in [6.45, 7) is 1.40. The van der Waals surface area contributed by atoms with Crippen molar-refractivity contribution in [3.05, 3.63) is 84.5 Å². The van der Waals surface area contributed by atoms with E-state index in [0.717, 1.165) is 6.26 Å². The van der Waals surface area contributed by atoms with Gasteiger partial charge in [0.2, 0.25) is 0 Å². The van der Waals surface area contributed by atoms with Crippen LogP contribution in [0.2, 0.25) is 0 Å². The van der Waals surface area contributed by atoms with Gasteiger partial charge in [-0.05, 0) is 59.7 Å². The molecule has 40 heavy (non-hydrogen) atoms. The Labute approximate surface area is 227 Å². The molecule has 12 heteroatoms. The van der Waals surface area contributed by atoms with Crippen molar-refractivity contribution in [1.29, 1.82) is 0 Å². The third kappa shape index (κ3) is 4.71. The molecule has 0 saturated carbocycles. The van der Waals surface area contributed by atoms with Crippen molar-refractivity contribution in [3.63, 3.8) is 0 Å². The van der Waals surface area contributed by atoms with E-state index in [1.54, 1.807) is 54.2 Å². The number of halogens is 2. The molecule has 0 aliphatic carbocycles. The van der Waals surface area contributed by atoms with Crippen LogP contribution in [0, 0.1) is 6.92 Å². The van der Waals surface area contributed by atoms with E-state index in [-0.39, 0.29) is 23.0 Å². The Morgan fingerprint density at radius 1 is 0.950 bits per heavy atom. The van der Waals surface area contributed by atoms with Crippen molar-refractivity contribution in [3.8, 4) is 50.9 Å². The molecule has 0 fully saturated rings. The van der Waals surface area contributed by atoms with Gasteiger partial charge in [-0.2, -0.15) is 5.10 Å². The van der Waals surface area contributed by atoms with E-state index in [4.69, 9.17) is 4.42 Å². The van der Waals surface area contributed by atoms with Gasteiger partial charge in [0.05, 0.1) is 22.9 Å². The van der Waals surface area contributed by atoms with Crippen LogP contribution in [0.15, 0.2) is 82.2 Å². The normalized spacial score (nSPS) is 14.0. The van der Waals surface area contributed by atoms with Crippen LogP contribution >= 0.6 is 0 Å². The standard InChI is InChI=1S/C28H21F2N3O6S/c1-16-31-26(19-7-9-24-25(14-19)39-28(29,30)38-24)27(37-16)22-13-18(17-4-3-5-21(12-17)40(2,35)36)6-8-23(22)33-11-10-20(15-34)32-33/h3-14,34H,15H2,1-2H3. The molecule has 1 N–H and O–H groups in total. The molecule has 0 amide bonds. The van der Waals surface area contributed by atoms with E-state index in [0.29, 0.717) is 51.0 Å². The Morgan fingerprint density at radius 3 is 2.45 bits per heavy atom. The van der Waals surface area contributed by atoms with Crippen LogP contribution in [-0.2, 0) is 16.4 Å². The highest BCUT2D eigenvalue weighted by Gasteiger charge is 2.43. The van der Waals surface area contributed by atoms with Crippen LogP contribution in [0.3, 0.4) is 0 Å². The van der Waals surface area contributed by atoms with Gasteiger partial charge in [0.15, 0.2) is 33.0 Å². The Hall–Kier alpha value is -4.55. The first-order valence-corrected chi connectivity index (χ1v) is 13.9. The van der Waals surface area contributed by atoms with Crippen LogP contribution < -0.4 is 9.47 Å². The molecule has 9 nitrogen and oxygen atoms in total. The second-order valence-corrected chi connectivity index (χ2v) is 11.2. The van der Waals surface area contributed by atoms with Gasteiger partial charge in [0, 0.05) is 30.5 Å². The van der Waals surface area contributed by atoms with E-state index in [1.165, 1.54) is 18.2 Å². The molecule has 6 rings (SSSR count). The van der Waals surface area contributed by atoms with Crippen molar-refractivity contribution < 1.29 is 36.2 Å². The monoisotopic (exact) mass is 565 g/mol. The predicted octanol–water partition coefficient (Wildman–Crippen LogP) is 5.39. The lowest BCUT2D eigenvalue weighted by Crippen LogP contribution is -2.25. The number of ether oxygens (including phenoxy) is 2. The number of aliphatic hydroxyl groups is 1. The van der Waals surface area contributed by atoms with Gasteiger partial charge in [-0.25, -0.2) is 18.1 Å². The maximum atomic E-state index is 13.7. The van der Waals surface area contributed by atoms with Gasteiger partial charge in [-0.15, -0.1) is 8.78 Å². The van der Waals surface area contributed by atoms with Crippen LogP contribution in [0.5, 0.6) is 11.5 Å². The molecule has 1 aliphatic heterocycles. The fourth-order valence-corrected chi connectivity index (χ4v) is 5.15. The summed E-state index contributed by atoms with van der Waals surface area (Å²) >= 11 is 0. The number of hydrogen-bond donors (Lipinski definition) is 1. The van der Waals surface area contributed by atoms with Crippen molar-refractivity contribution >= 4 is 9.84 Å². The minimum Gasteiger partial charge on any atom is -0.440 e. The summed E-state index contributed by atoms with van der Waals surface area (Å²) in [6.07, 6.45) is -0.947. The SMILES string of the molecule is Cc1nc(-c2ccc3c(c2)OC(F)(F)O3)c(-c2cc(-c3cccc(S(C)(=O)=O)c3)ccc2-n2ccc(CO)n2)o1. The maximum absolute atomic E-state index is 13.7. The van der Waals surface area contributed by atoms with Crippen molar-refractivity contribution in [2.45, 2.75) is 24.7 Å². The third-order valence-electron chi connectivity index (χ3n) is 6.30. The quantitative estimate of drug-likeness (QED) is 0.292. The lowest BCUT2D eigenvalue weighted by molar-refractivity contribution is -0.286. The second kappa shape index (κ2) is 9.28. The fraction of sp³-hybridized carbons (Fsp3) is 0.143. The van der Waals surface area contributed by atoms with E-state index in [9.17, 15) is 22.3 Å². The molecule has 2 aromatic heterocycles. The van der Waals surface area contributed by atoms with Gasteiger partial charge in [0.25, 0.3) is 0 Å². The number of aromatic nitrogens is 3. The fourth-order valence-electron chi connectivity index (χ4n) is 4.49. The van der Waals surface area contributed by atoms with Crippen molar-refractivity contribution in [2.75, 3.05) is 6.26 Å².